The Morgan fingerprint density at radius 2 is 1.69 bits per heavy atom. The van der Waals surface area contributed by atoms with Gasteiger partial charge in [-0.1, -0.05) is 78.9 Å². The minimum atomic E-state index is -0.581. The third kappa shape index (κ3) is 5.24. The van der Waals surface area contributed by atoms with Crippen LogP contribution in [0.3, 0.4) is 0 Å². The van der Waals surface area contributed by atoms with Gasteiger partial charge in [-0.15, -0.1) is 0 Å². The normalized spacial score (nSPS) is 16.5. The molecule has 3 aromatic rings. The summed E-state index contributed by atoms with van der Waals surface area (Å²) in [5.41, 5.74) is 11.3. The zero-order valence-corrected chi connectivity index (χ0v) is 18.4. The molecule has 3 N–H and O–H groups in total. The van der Waals surface area contributed by atoms with E-state index < -0.39 is 6.04 Å². The molecule has 0 aliphatic carbocycles. The Hall–Kier alpha value is -3.44. The lowest BCUT2D eigenvalue weighted by Crippen LogP contribution is -2.48. The molecule has 32 heavy (non-hydrogen) atoms. The molecule has 1 aliphatic heterocycles. The first-order valence-corrected chi connectivity index (χ1v) is 11.2. The van der Waals surface area contributed by atoms with Crippen molar-refractivity contribution in [3.63, 3.8) is 0 Å². The van der Waals surface area contributed by atoms with Crippen molar-refractivity contribution in [3.05, 3.63) is 102 Å². The van der Waals surface area contributed by atoms with E-state index in [9.17, 15) is 4.79 Å². The first kappa shape index (κ1) is 21.8. The van der Waals surface area contributed by atoms with Crippen molar-refractivity contribution in [3.8, 4) is 0 Å². The van der Waals surface area contributed by atoms with Gasteiger partial charge in [0.05, 0.1) is 18.3 Å². The van der Waals surface area contributed by atoms with Gasteiger partial charge in [-0.3, -0.25) is 9.79 Å². The van der Waals surface area contributed by atoms with Crippen LogP contribution in [0.25, 0.3) is 0 Å². The third-order valence-electron chi connectivity index (χ3n) is 5.68. The largest absolute Gasteiger partial charge is 0.367 e. The summed E-state index contributed by atoms with van der Waals surface area (Å²) in [6.07, 6.45) is 1.63. The van der Waals surface area contributed by atoms with Gasteiger partial charge in [0.25, 0.3) is 0 Å². The summed E-state index contributed by atoms with van der Waals surface area (Å²) in [6, 6.07) is 28.5. The number of anilines is 1. The van der Waals surface area contributed by atoms with Gasteiger partial charge in [0.15, 0.2) is 0 Å². The van der Waals surface area contributed by atoms with Crippen molar-refractivity contribution in [1.29, 1.82) is 0 Å². The SMILES string of the molecule is C[C@H](N)C(=O)NC1CN(CCCc2ccccc2)c2ccccc2C(c2ccccc2)=N1. The number of para-hydroxylation sites is 1. The van der Waals surface area contributed by atoms with Crippen molar-refractivity contribution in [1.82, 2.24) is 5.32 Å². The van der Waals surface area contributed by atoms with Crippen LogP contribution in [0, 0.1) is 0 Å². The monoisotopic (exact) mass is 426 g/mol. The lowest BCUT2D eigenvalue weighted by atomic mass is 10.00. The Bertz CT molecular complexity index is 1060. The van der Waals surface area contributed by atoms with Crippen LogP contribution in [0.5, 0.6) is 0 Å². The number of carbonyl (C=O) groups excluding carboxylic acids is 1. The van der Waals surface area contributed by atoms with Crippen molar-refractivity contribution < 1.29 is 4.79 Å². The highest BCUT2D eigenvalue weighted by molar-refractivity contribution is 6.16. The molecule has 4 rings (SSSR count). The first-order valence-electron chi connectivity index (χ1n) is 11.2. The average Bonchev–Trinajstić information content (AvgIpc) is 2.97. The number of carbonyl (C=O) groups is 1. The number of amides is 1. The fraction of sp³-hybridized carbons (Fsp3) is 0.259. The van der Waals surface area contributed by atoms with E-state index >= 15 is 0 Å². The van der Waals surface area contributed by atoms with E-state index in [1.807, 2.05) is 30.3 Å². The number of fused-ring (bicyclic) bond motifs is 1. The predicted octanol–water partition coefficient (Wildman–Crippen LogP) is 3.77. The lowest BCUT2D eigenvalue weighted by Gasteiger charge is -2.27. The van der Waals surface area contributed by atoms with E-state index in [4.69, 9.17) is 10.7 Å². The van der Waals surface area contributed by atoms with Gasteiger partial charge in [0.2, 0.25) is 5.91 Å². The van der Waals surface area contributed by atoms with Gasteiger partial charge >= 0.3 is 0 Å². The van der Waals surface area contributed by atoms with Gasteiger partial charge in [-0.25, -0.2) is 0 Å². The number of nitrogens with one attached hydrogen (secondary N) is 1. The highest BCUT2D eigenvalue weighted by Crippen LogP contribution is 2.28. The first-order chi connectivity index (χ1) is 15.6. The molecule has 0 bridgehead atoms. The number of aryl methyl sites for hydroxylation is 1. The summed E-state index contributed by atoms with van der Waals surface area (Å²) in [5, 5.41) is 3.04. The molecule has 5 heteroatoms. The Morgan fingerprint density at radius 1 is 1.03 bits per heavy atom. The number of aliphatic imine (C=N–C) groups is 1. The smallest absolute Gasteiger partial charge is 0.238 e. The zero-order valence-electron chi connectivity index (χ0n) is 18.4. The van der Waals surface area contributed by atoms with Crippen LogP contribution in [-0.4, -0.2) is 36.9 Å². The van der Waals surface area contributed by atoms with Crippen molar-refractivity contribution in [2.45, 2.75) is 32.0 Å². The van der Waals surface area contributed by atoms with Gasteiger partial charge in [0, 0.05) is 23.4 Å². The molecule has 2 atom stereocenters. The summed E-state index contributed by atoms with van der Waals surface area (Å²) in [6.45, 7) is 3.16. The third-order valence-corrected chi connectivity index (χ3v) is 5.68. The molecule has 3 aromatic carbocycles. The van der Waals surface area contributed by atoms with Crippen molar-refractivity contribution in [2.75, 3.05) is 18.0 Å². The minimum Gasteiger partial charge on any atom is -0.367 e. The highest BCUT2D eigenvalue weighted by Gasteiger charge is 2.25. The van der Waals surface area contributed by atoms with Crippen molar-refractivity contribution in [2.24, 2.45) is 10.7 Å². The van der Waals surface area contributed by atoms with Crippen molar-refractivity contribution >= 4 is 17.3 Å². The number of nitrogens with zero attached hydrogens (tertiary/aromatic N) is 2. The fourth-order valence-corrected chi connectivity index (χ4v) is 4.05. The molecule has 0 spiro atoms. The number of benzene rings is 3. The Labute approximate surface area is 190 Å². The molecule has 0 aromatic heterocycles. The summed E-state index contributed by atoms with van der Waals surface area (Å²) in [5.74, 6) is -0.193. The van der Waals surface area contributed by atoms with Crippen LogP contribution in [-0.2, 0) is 11.2 Å². The molecule has 0 saturated heterocycles. The number of hydrogen-bond donors (Lipinski definition) is 2. The van der Waals surface area contributed by atoms with Crippen LogP contribution in [0.2, 0.25) is 0 Å². The molecule has 0 radical (unpaired) electrons. The van der Waals surface area contributed by atoms with E-state index in [1.54, 1.807) is 6.92 Å². The number of rotatable bonds is 7. The molecule has 0 fully saturated rings. The lowest BCUT2D eigenvalue weighted by molar-refractivity contribution is -0.122. The van der Waals surface area contributed by atoms with Crippen LogP contribution < -0.4 is 16.0 Å². The van der Waals surface area contributed by atoms with Crippen LogP contribution >= 0.6 is 0 Å². The molecule has 5 nitrogen and oxygen atoms in total. The van der Waals surface area contributed by atoms with Gasteiger partial charge in [0.1, 0.15) is 6.17 Å². The van der Waals surface area contributed by atoms with E-state index in [2.05, 4.69) is 64.8 Å². The maximum Gasteiger partial charge on any atom is 0.238 e. The summed E-state index contributed by atoms with van der Waals surface area (Å²) < 4.78 is 0. The number of benzodiazepines with no additional fused rings is 1. The second-order valence-corrected chi connectivity index (χ2v) is 8.21. The Kier molecular flexibility index (Phi) is 6.97. The van der Waals surface area contributed by atoms with Crippen LogP contribution in [0.1, 0.15) is 30.0 Å². The molecule has 1 aliphatic rings. The Balaban J connectivity index is 1.65. The summed E-state index contributed by atoms with van der Waals surface area (Å²) in [7, 11) is 0. The number of nitrogens with two attached hydrogens (primary N) is 1. The molecule has 1 heterocycles. The predicted molar refractivity (Wildman–Crippen MR) is 131 cm³/mol. The summed E-state index contributed by atoms with van der Waals surface area (Å²) in [4.78, 5) is 19.8. The van der Waals surface area contributed by atoms with Crippen LogP contribution in [0.4, 0.5) is 5.69 Å². The second kappa shape index (κ2) is 10.2. The average molecular weight is 427 g/mol. The molecular formula is C27H30N4O. The molecule has 164 valence electrons. The van der Waals surface area contributed by atoms with Gasteiger partial charge in [-0.05, 0) is 31.4 Å². The standard InChI is InChI=1S/C27H30N4O/c1-20(28)27(32)30-25-19-31(18-10-13-21-11-4-2-5-12-21)24-17-9-8-16-23(24)26(29-25)22-14-6-3-7-15-22/h2-9,11-12,14-17,20,25H,10,13,18-19,28H2,1H3,(H,30,32)/t20-,25?/m0/s1. The summed E-state index contributed by atoms with van der Waals surface area (Å²) >= 11 is 0. The van der Waals surface area contributed by atoms with E-state index in [0.717, 1.165) is 41.9 Å². The maximum atomic E-state index is 12.4. The van der Waals surface area contributed by atoms with E-state index in [0.29, 0.717) is 6.54 Å². The van der Waals surface area contributed by atoms with E-state index in [1.165, 1.54) is 5.56 Å². The van der Waals surface area contributed by atoms with Gasteiger partial charge < -0.3 is 16.0 Å². The Morgan fingerprint density at radius 3 is 2.41 bits per heavy atom. The highest BCUT2D eigenvalue weighted by atomic mass is 16.2. The topological polar surface area (TPSA) is 70.7 Å². The van der Waals surface area contributed by atoms with Crippen LogP contribution in [0.15, 0.2) is 89.9 Å². The second-order valence-electron chi connectivity index (χ2n) is 8.21. The quantitative estimate of drug-likeness (QED) is 0.604. The molecule has 1 unspecified atom stereocenters. The van der Waals surface area contributed by atoms with E-state index in [-0.39, 0.29) is 12.1 Å². The van der Waals surface area contributed by atoms with Gasteiger partial charge in [-0.2, -0.15) is 0 Å². The maximum absolute atomic E-state index is 12.4. The molecular weight excluding hydrogens is 396 g/mol. The number of hydrogen-bond acceptors (Lipinski definition) is 4. The fourth-order valence-electron chi connectivity index (χ4n) is 4.05. The molecule has 1 amide bonds. The molecule has 0 saturated carbocycles. The zero-order chi connectivity index (χ0) is 22.3. The minimum absolute atomic E-state index is 0.193.